The summed E-state index contributed by atoms with van der Waals surface area (Å²) in [6.45, 7) is 0. The number of thioether (sulfide) groups is 1. The van der Waals surface area contributed by atoms with E-state index in [1.807, 2.05) is 0 Å². The summed E-state index contributed by atoms with van der Waals surface area (Å²) in [6.07, 6.45) is 0. The molecule has 0 aliphatic rings. The maximum Gasteiger partial charge on any atom is 0.337 e. The molecule has 0 bridgehead atoms. The average Bonchev–Trinajstić information content (AvgIpc) is 2.58. The molecule has 0 unspecified atom stereocenters. The van der Waals surface area contributed by atoms with E-state index in [1.165, 1.54) is 24.3 Å². The van der Waals surface area contributed by atoms with E-state index in [-0.39, 0.29) is 23.0 Å². The van der Waals surface area contributed by atoms with Crippen LogP contribution in [0.2, 0.25) is 0 Å². The molecule has 0 saturated carbocycles. The number of rotatable bonds is 4. The van der Waals surface area contributed by atoms with E-state index in [0.717, 1.165) is 0 Å². The number of carboxylic acids is 1. The number of halogens is 5. The SMILES string of the molecule is O=C(Nc1ccccc1C(=O)O)SCc1c(F)c(F)c(F)c(F)c1F. The first-order chi connectivity index (χ1) is 11.7. The average molecular weight is 377 g/mol. The summed E-state index contributed by atoms with van der Waals surface area (Å²) >= 11 is 0.218. The summed E-state index contributed by atoms with van der Waals surface area (Å²) in [7, 11) is 0. The van der Waals surface area contributed by atoms with Gasteiger partial charge in [-0.05, 0) is 12.1 Å². The minimum atomic E-state index is -2.29. The third-order valence-electron chi connectivity index (χ3n) is 3.04. The van der Waals surface area contributed by atoms with Gasteiger partial charge < -0.3 is 10.4 Å². The third kappa shape index (κ3) is 3.90. The smallest absolute Gasteiger partial charge is 0.337 e. The molecular weight excluding hydrogens is 369 g/mol. The van der Waals surface area contributed by atoms with Gasteiger partial charge in [-0.1, -0.05) is 23.9 Å². The van der Waals surface area contributed by atoms with Crippen molar-refractivity contribution in [1.29, 1.82) is 0 Å². The lowest BCUT2D eigenvalue weighted by Crippen LogP contribution is -2.11. The number of para-hydroxylation sites is 1. The Hall–Kier alpha value is -2.62. The molecule has 2 aromatic rings. The second kappa shape index (κ2) is 7.51. The van der Waals surface area contributed by atoms with E-state index in [9.17, 15) is 31.5 Å². The lowest BCUT2D eigenvalue weighted by molar-refractivity contribution is 0.0698. The van der Waals surface area contributed by atoms with Crippen molar-refractivity contribution < 1.29 is 36.6 Å². The van der Waals surface area contributed by atoms with Crippen LogP contribution in [0, 0.1) is 29.1 Å². The summed E-state index contributed by atoms with van der Waals surface area (Å²) in [4.78, 5) is 22.8. The van der Waals surface area contributed by atoms with Crippen LogP contribution in [0.4, 0.5) is 32.4 Å². The standard InChI is InChI=1S/C15H8F5NO3S/c16-9-7(10(17)12(19)13(20)11(9)18)5-25-15(24)21-8-4-2-1-3-6(8)14(22)23/h1-4H,5H2,(H,21,24)(H,22,23). The Labute approximate surface area is 141 Å². The Balaban J connectivity index is 2.16. The van der Waals surface area contributed by atoms with E-state index in [1.54, 1.807) is 0 Å². The van der Waals surface area contributed by atoms with Crippen molar-refractivity contribution in [2.24, 2.45) is 0 Å². The van der Waals surface area contributed by atoms with Crippen molar-refractivity contribution in [3.63, 3.8) is 0 Å². The second-order valence-electron chi connectivity index (χ2n) is 4.60. The second-order valence-corrected chi connectivity index (χ2v) is 5.55. The van der Waals surface area contributed by atoms with Crippen molar-refractivity contribution in [3.8, 4) is 0 Å². The summed E-state index contributed by atoms with van der Waals surface area (Å²) in [6, 6.07) is 5.35. The normalized spacial score (nSPS) is 10.6. The van der Waals surface area contributed by atoms with Crippen LogP contribution in [-0.4, -0.2) is 16.3 Å². The Morgan fingerprint density at radius 3 is 2.00 bits per heavy atom. The molecule has 0 aliphatic carbocycles. The molecule has 132 valence electrons. The van der Waals surface area contributed by atoms with E-state index >= 15 is 0 Å². The fraction of sp³-hybridized carbons (Fsp3) is 0.0667. The van der Waals surface area contributed by atoms with E-state index in [0.29, 0.717) is 0 Å². The molecule has 4 nitrogen and oxygen atoms in total. The Bertz CT molecular complexity index is 830. The summed E-state index contributed by atoms with van der Waals surface area (Å²) in [5, 5.41) is 10.2. The van der Waals surface area contributed by atoms with Gasteiger partial charge in [0.2, 0.25) is 5.82 Å². The molecule has 2 aromatic carbocycles. The summed E-state index contributed by atoms with van der Waals surface area (Å²) < 4.78 is 66.1. The molecular formula is C15H8F5NO3S. The molecule has 0 fully saturated rings. The van der Waals surface area contributed by atoms with Crippen LogP contribution in [0.15, 0.2) is 24.3 Å². The van der Waals surface area contributed by atoms with Crippen LogP contribution in [0.1, 0.15) is 15.9 Å². The number of nitrogens with one attached hydrogen (secondary N) is 1. The number of carboxylic acid groups (broad SMARTS) is 1. The number of hydrogen-bond donors (Lipinski definition) is 2. The van der Waals surface area contributed by atoms with E-state index in [4.69, 9.17) is 5.11 Å². The lowest BCUT2D eigenvalue weighted by atomic mass is 10.2. The first kappa shape index (κ1) is 18.7. The predicted octanol–water partition coefficient (Wildman–Crippen LogP) is 4.55. The van der Waals surface area contributed by atoms with Gasteiger partial charge in [0.1, 0.15) is 0 Å². The highest BCUT2D eigenvalue weighted by atomic mass is 32.2. The van der Waals surface area contributed by atoms with Gasteiger partial charge in [0.25, 0.3) is 5.24 Å². The Kier molecular flexibility index (Phi) is 5.62. The number of carbonyl (C=O) groups is 2. The van der Waals surface area contributed by atoms with Crippen molar-refractivity contribution >= 4 is 28.7 Å². The molecule has 0 spiro atoms. The minimum absolute atomic E-state index is 0.0788. The van der Waals surface area contributed by atoms with Gasteiger partial charge >= 0.3 is 5.97 Å². The quantitative estimate of drug-likeness (QED) is 0.466. The molecule has 0 atom stereocenters. The van der Waals surface area contributed by atoms with Gasteiger partial charge in [0.15, 0.2) is 23.3 Å². The van der Waals surface area contributed by atoms with Crippen molar-refractivity contribution in [3.05, 3.63) is 64.5 Å². The number of carbonyl (C=O) groups excluding carboxylic acids is 1. The first-order valence-electron chi connectivity index (χ1n) is 6.50. The Morgan fingerprint density at radius 2 is 1.44 bits per heavy atom. The molecule has 0 radical (unpaired) electrons. The van der Waals surface area contributed by atoms with Crippen LogP contribution < -0.4 is 5.32 Å². The van der Waals surface area contributed by atoms with Crippen molar-refractivity contribution in [1.82, 2.24) is 0 Å². The van der Waals surface area contributed by atoms with Crippen LogP contribution in [-0.2, 0) is 5.75 Å². The molecule has 2 N–H and O–H groups in total. The predicted molar refractivity (Wildman–Crippen MR) is 79.9 cm³/mol. The molecule has 0 heterocycles. The van der Waals surface area contributed by atoms with Crippen LogP contribution in [0.3, 0.4) is 0 Å². The van der Waals surface area contributed by atoms with Crippen LogP contribution in [0.5, 0.6) is 0 Å². The maximum atomic E-state index is 13.5. The van der Waals surface area contributed by atoms with Crippen LogP contribution in [0.25, 0.3) is 0 Å². The topological polar surface area (TPSA) is 66.4 Å². The number of hydrogen-bond acceptors (Lipinski definition) is 3. The molecule has 2 rings (SSSR count). The largest absolute Gasteiger partial charge is 0.478 e. The Morgan fingerprint density at radius 1 is 0.920 bits per heavy atom. The third-order valence-corrected chi connectivity index (χ3v) is 3.84. The zero-order valence-corrected chi connectivity index (χ0v) is 12.9. The highest BCUT2D eigenvalue weighted by molar-refractivity contribution is 8.13. The minimum Gasteiger partial charge on any atom is -0.478 e. The zero-order chi connectivity index (χ0) is 18.7. The van der Waals surface area contributed by atoms with Gasteiger partial charge in [0.05, 0.1) is 11.3 Å². The first-order valence-corrected chi connectivity index (χ1v) is 7.49. The maximum absolute atomic E-state index is 13.5. The zero-order valence-electron chi connectivity index (χ0n) is 12.1. The number of benzene rings is 2. The number of amides is 1. The molecule has 0 aliphatic heterocycles. The molecule has 0 saturated heterocycles. The van der Waals surface area contributed by atoms with Gasteiger partial charge in [-0.2, -0.15) is 0 Å². The number of aromatic carboxylic acids is 1. The highest BCUT2D eigenvalue weighted by Gasteiger charge is 2.26. The van der Waals surface area contributed by atoms with Gasteiger partial charge in [0, 0.05) is 11.3 Å². The molecule has 0 aromatic heterocycles. The fourth-order valence-electron chi connectivity index (χ4n) is 1.84. The van der Waals surface area contributed by atoms with Gasteiger partial charge in [-0.15, -0.1) is 0 Å². The van der Waals surface area contributed by atoms with Gasteiger partial charge in [-0.3, -0.25) is 4.79 Å². The van der Waals surface area contributed by atoms with E-state index < -0.39 is 51.6 Å². The molecule has 1 amide bonds. The highest BCUT2D eigenvalue weighted by Crippen LogP contribution is 2.27. The van der Waals surface area contributed by atoms with E-state index in [2.05, 4.69) is 5.32 Å². The fourth-order valence-corrected chi connectivity index (χ4v) is 2.55. The van der Waals surface area contributed by atoms with Crippen molar-refractivity contribution in [2.45, 2.75) is 5.75 Å². The lowest BCUT2D eigenvalue weighted by Gasteiger charge is -2.09. The van der Waals surface area contributed by atoms with Crippen LogP contribution >= 0.6 is 11.8 Å². The summed E-state index contributed by atoms with van der Waals surface area (Å²) in [5.41, 5.74) is -1.46. The molecule has 25 heavy (non-hydrogen) atoms. The molecule has 10 heteroatoms. The monoisotopic (exact) mass is 377 g/mol. The van der Waals surface area contributed by atoms with Gasteiger partial charge in [-0.25, -0.2) is 26.7 Å². The number of anilines is 1. The summed E-state index contributed by atoms with van der Waals surface area (Å²) in [5.74, 6) is -12.7. The van der Waals surface area contributed by atoms with Crippen molar-refractivity contribution in [2.75, 3.05) is 5.32 Å².